The van der Waals surface area contributed by atoms with Crippen LogP contribution in [0.1, 0.15) is 43.2 Å². The van der Waals surface area contributed by atoms with Crippen LogP contribution in [0.2, 0.25) is 0 Å². The zero-order valence-electron chi connectivity index (χ0n) is 16.8. The summed E-state index contributed by atoms with van der Waals surface area (Å²) < 4.78 is 44.4. The second-order valence-corrected chi connectivity index (χ2v) is 9.38. The molecule has 2 saturated heterocycles. The van der Waals surface area contributed by atoms with E-state index in [9.17, 15) is 22.8 Å². The molecule has 4 aliphatic rings. The first kappa shape index (κ1) is 19.8. The second-order valence-electron chi connectivity index (χ2n) is 9.38. The number of nitrogens with zero attached hydrogens (tertiary/aromatic N) is 1. The molecule has 0 bridgehead atoms. The van der Waals surface area contributed by atoms with Crippen LogP contribution in [0.4, 0.5) is 18.9 Å². The number of rotatable bonds is 4. The van der Waals surface area contributed by atoms with E-state index in [0.717, 1.165) is 24.5 Å². The fraction of sp³-hybridized carbons (Fsp3) is 0.636. The third-order valence-electron chi connectivity index (χ3n) is 7.01. The van der Waals surface area contributed by atoms with E-state index in [-0.39, 0.29) is 17.7 Å². The molecule has 2 aliphatic carbocycles. The molecule has 1 spiro atoms. The lowest BCUT2D eigenvalue weighted by Crippen LogP contribution is -2.64. The van der Waals surface area contributed by atoms with Gasteiger partial charge in [-0.15, -0.1) is 0 Å². The highest BCUT2D eigenvalue weighted by Crippen LogP contribution is 2.55. The first-order valence-electron chi connectivity index (χ1n) is 10.6. The number of halogens is 3. The van der Waals surface area contributed by atoms with Gasteiger partial charge in [0.15, 0.2) is 0 Å². The van der Waals surface area contributed by atoms with E-state index in [0.29, 0.717) is 43.1 Å². The van der Waals surface area contributed by atoms with Gasteiger partial charge in [-0.05, 0) is 74.6 Å². The second kappa shape index (κ2) is 6.70. The number of hydrogen-bond acceptors (Lipinski definition) is 3. The van der Waals surface area contributed by atoms with Gasteiger partial charge in [0.25, 0.3) is 5.91 Å². The summed E-state index contributed by atoms with van der Waals surface area (Å²) in [4.78, 5) is 27.0. The summed E-state index contributed by atoms with van der Waals surface area (Å²) in [5.74, 6) is 1.42. The highest BCUT2D eigenvalue weighted by atomic mass is 19.4. The molecule has 1 N–H and O–H groups in total. The Morgan fingerprint density at radius 3 is 2.57 bits per heavy atom. The van der Waals surface area contributed by atoms with Crippen LogP contribution in [0.15, 0.2) is 18.2 Å². The lowest BCUT2D eigenvalue weighted by molar-refractivity contribution is -0.169. The maximum Gasteiger partial charge on any atom is 0.416 e. The van der Waals surface area contributed by atoms with Crippen molar-refractivity contribution in [2.75, 3.05) is 18.4 Å². The van der Waals surface area contributed by atoms with Crippen molar-refractivity contribution in [2.45, 2.75) is 56.9 Å². The summed E-state index contributed by atoms with van der Waals surface area (Å²) in [6.07, 6.45) is -0.275. The molecule has 2 aliphatic heterocycles. The molecule has 4 fully saturated rings. The highest BCUT2D eigenvalue weighted by molar-refractivity contribution is 5.95. The number of carbonyl (C=O) groups excluding carboxylic acids is 2. The van der Waals surface area contributed by atoms with Crippen LogP contribution in [-0.2, 0) is 20.5 Å². The number of anilines is 1. The minimum atomic E-state index is -4.42. The van der Waals surface area contributed by atoms with E-state index >= 15 is 0 Å². The van der Waals surface area contributed by atoms with E-state index in [4.69, 9.17) is 4.74 Å². The van der Waals surface area contributed by atoms with E-state index in [1.807, 2.05) is 4.90 Å². The average molecular weight is 422 g/mol. The van der Waals surface area contributed by atoms with E-state index < -0.39 is 23.4 Å². The van der Waals surface area contributed by atoms with Crippen molar-refractivity contribution in [3.63, 3.8) is 0 Å². The summed E-state index contributed by atoms with van der Waals surface area (Å²) in [7, 11) is 0. The number of carbonyl (C=O) groups is 2. The molecule has 2 saturated carbocycles. The quantitative estimate of drug-likeness (QED) is 0.804. The summed E-state index contributed by atoms with van der Waals surface area (Å²) in [5, 5.41) is 2.69. The zero-order valence-corrected chi connectivity index (χ0v) is 16.8. The van der Waals surface area contributed by atoms with Crippen LogP contribution < -0.4 is 5.32 Å². The zero-order chi connectivity index (χ0) is 21.3. The van der Waals surface area contributed by atoms with Crippen LogP contribution in [0.5, 0.6) is 0 Å². The number of benzene rings is 1. The topological polar surface area (TPSA) is 58.6 Å². The normalized spacial score (nSPS) is 29.6. The Labute approximate surface area is 172 Å². The van der Waals surface area contributed by atoms with Crippen molar-refractivity contribution in [3.05, 3.63) is 29.3 Å². The fourth-order valence-electron chi connectivity index (χ4n) is 5.01. The van der Waals surface area contributed by atoms with Crippen molar-refractivity contribution in [3.8, 4) is 0 Å². The van der Waals surface area contributed by atoms with Gasteiger partial charge in [-0.25, -0.2) is 0 Å². The minimum Gasteiger partial charge on any atom is -0.358 e. The van der Waals surface area contributed by atoms with Gasteiger partial charge in [0, 0.05) is 11.6 Å². The standard InChI is InChI=1S/C22H25F3N2O3/c1-12-8-14(22(23,24)25)4-5-17(12)26-19(28)18-6-7-21(30-18)10-27(11-21)20(29)16-9-15(16)13-2-3-13/h4-5,8,13,15-16,18H,2-3,6-7,9-11H2,1H3,(H,26,28)/t15-,16-,18+/m1/s1. The number of hydrogen-bond donors (Lipinski definition) is 1. The van der Waals surface area contributed by atoms with Gasteiger partial charge in [-0.3, -0.25) is 9.59 Å². The molecule has 0 radical (unpaired) electrons. The molecule has 0 aromatic heterocycles. The first-order valence-corrected chi connectivity index (χ1v) is 10.6. The van der Waals surface area contributed by atoms with Gasteiger partial charge in [0.2, 0.25) is 5.91 Å². The molecule has 1 aromatic carbocycles. The first-order chi connectivity index (χ1) is 14.2. The molecule has 5 nitrogen and oxygen atoms in total. The predicted octanol–water partition coefficient (Wildman–Crippen LogP) is 3.76. The highest BCUT2D eigenvalue weighted by Gasteiger charge is 2.58. The Morgan fingerprint density at radius 2 is 1.93 bits per heavy atom. The number of aryl methyl sites for hydroxylation is 1. The molecule has 162 valence electrons. The third-order valence-corrected chi connectivity index (χ3v) is 7.01. The molecular weight excluding hydrogens is 397 g/mol. The molecular formula is C22H25F3N2O3. The van der Waals surface area contributed by atoms with Gasteiger partial charge < -0.3 is 15.0 Å². The summed E-state index contributed by atoms with van der Waals surface area (Å²) >= 11 is 0. The summed E-state index contributed by atoms with van der Waals surface area (Å²) in [6.45, 7) is 2.59. The van der Waals surface area contributed by atoms with Crippen molar-refractivity contribution in [1.29, 1.82) is 0 Å². The lowest BCUT2D eigenvalue weighted by atomic mass is 9.90. The van der Waals surface area contributed by atoms with Gasteiger partial charge >= 0.3 is 6.18 Å². The largest absolute Gasteiger partial charge is 0.416 e. The van der Waals surface area contributed by atoms with E-state index in [1.54, 1.807) is 0 Å². The van der Waals surface area contributed by atoms with E-state index in [2.05, 4.69) is 5.32 Å². The fourth-order valence-corrected chi connectivity index (χ4v) is 5.01. The van der Waals surface area contributed by atoms with Gasteiger partial charge in [0.05, 0.1) is 18.7 Å². The van der Waals surface area contributed by atoms with Crippen molar-refractivity contribution in [2.24, 2.45) is 17.8 Å². The lowest BCUT2D eigenvalue weighted by Gasteiger charge is -2.47. The van der Waals surface area contributed by atoms with Gasteiger partial charge in [-0.2, -0.15) is 13.2 Å². The number of ether oxygens (including phenoxy) is 1. The molecule has 30 heavy (non-hydrogen) atoms. The van der Waals surface area contributed by atoms with Crippen molar-refractivity contribution in [1.82, 2.24) is 4.90 Å². The van der Waals surface area contributed by atoms with Crippen LogP contribution in [0.25, 0.3) is 0 Å². The summed E-state index contributed by atoms with van der Waals surface area (Å²) in [5.41, 5.74) is -0.492. The molecule has 5 rings (SSSR count). The molecule has 0 unspecified atom stereocenters. The Bertz CT molecular complexity index is 890. The van der Waals surface area contributed by atoms with E-state index in [1.165, 1.54) is 25.8 Å². The number of alkyl halides is 3. The monoisotopic (exact) mass is 422 g/mol. The number of nitrogens with one attached hydrogen (secondary N) is 1. The Morgan fingerprint density at radius 1 is 1.20 bits per heavy atom. The minimum absolute atomic E-state index is 0.193. The van der Waals surface area contributed by atoms with Gasteiger partial charge in [0.1, 0.15) is 11.7 Å². The Hall–Kier alpha value is -2.09. The summed E-state index contributed by atoms with van der Waals surface area (Å²) in [6, 6.07) is 3.26. The van der Waals surface area contributed by atoms with Crippen LogP contribution >= 0.6 is 0 Å². The smallest absolute Gasteiger partial charge is 0.358 e. The SMILES string of the molecule is Cc1cc(C(F)(F)F)ccc1NC(=O)[C@@H]1CCC2(CN(C(=O)[C@@H]3C[C@@H]3C3CC3)C2)O1. The molecule has 3 atom stereocenters. The number of likely N-dealkylation sites (tertiary alicyclic amines) is 1. The maximum absolute atomic E-state index is 12.8. The van der Waals surface area contributed by atoms with Gasteiger partial charge in [-0.1, -0.05) is 0 Å². The third kappa shape index (κ3) is 3.59. The maximum atomic E-state index is 12.8. The molecule has 1 aromatic rings. The number of amides is 2. The van der Waals surface area contributed by atoms with Crippen LogP contribution in [0.3, 0.4) is 0 Å². The Balaban J connectivity index is 1.14. The molecule has 2 amide bonds. The average Bonchev–Trinajstić information content (AvgIpc) is 3.55. The predicted molar refractivity (Wildman–Crippen MR) is 103 cm³/mol. The molecule has 2 heterocycles. The van der Waals surface area contributed by atoms with Crippen molar-refractivity contribution >= 4 is 17.5 Å². The van der Waals surface area contributed by atoms with Crippen molar-refractivity contribution < 1.29 is 27.5 Å². The molecule has 8 heteroatoms. The van der Waals surface area contributed by atoms with Crippen LogP contribution in [0, 0.1) is 24.7 Å². The Kier molecular flexibility index (Phi) is 4.44. The van der Waals surface area contributed by atoms with Crippen LogP contribution in [-0.4, -0.2) is 41.5 Å².